The molecule has 0 aliphatic carbocycles. The largest absolute Gasteiger partial charge is 0.507 e. The van der Waals surface area contributed by atoms with Crippen molar-refractivity contribution in [1.29, 1.82) is 0 Å². The molecule has 0 bridgehead atoms. The van der Waals surface area contributed by atoms with E-state index in [0.29, 0.717) is 5.56 Å². The molecule has 0 saturated heterocycles. The Hall–Kier alpha value is -1.55. The fourth-order valence-corrected chi connectivity index (χ4v) is 1.01. The molecule has 4 heteroatoms. The second-order valence-corrected chi connectivity index (χ2v) is 2.87. The lowest BCUT2D eigenvalue weighted by Crippen LogP contribution is -2.06. The van der Waals surface area contributed by atoms with Gasteiger partial charge in [-0.3, -0.25) is 0 Å². The van der Waals surface area contributed by atoms with E-state index in [-0.39, 0.29) is 17.4 Å². The lowest BCUT2D eigenvalue weighted by atomic mass is 10.1. The van der Waals surface area contributed by atoms with Crippen LogP contribution >= 0.6 is 0 Å². The summed E-state index contributed by atoms with van der Waals surface area (Å²) in [6, 6.07) is 4.08. The lowest BCUT2D eigenvalue weighted by molar-refractivity contribution is 0.0693. The average Bonchev–Trinajstić information content (AvgIpc) is 2.04. The number of carboxylic acid groups (broad SMARTS) is 1. The molecule has 70 valence electrons. The van der Waals surface area contributed by atoms with E-state index in [2.05, 4.69) is 0 Å². The summed E-state index contributed by atoms with van der Waals surface area (Å²) in [5.41, 5.74) is 6.13. The normalized spacial score (nSPS) is 12.5. The van der Waals surface area contributed by atoms with Crippen molar-refractivity contribution in [3.8, 4) is 5.75 Å². The summed E-state index contributed by atoms with van der Waals surface area (Å²) in [5, 5.41) is 17.8. The number of aromatic carboxylic acids is 1. The minimum Gasteiger partial charge on any atom is -0.507 e. The molecule has 0 radical (unpaired) electrons. The van der Waals surface area contributed by atoms with Crippen LogP contribution in [0, 0.1) is 0 Å². The zero-order valence-electron chi connectivity index (χ0n) is 7.19. The number of carboxylic acids is 1. The highest BCUT2D eigenvalue weighted by Crippen LogP contribution is 2.21. The summed E-state index contributed by atoms with van der Waals surface area (Å²) in [7, 11) is 0. The maximum atomic E-state index is 10.6. The number of aromatic hydroxyl groups is 1. The van der Waals surface area contributed by atoms with E-state index in [9.17, 15) is 4.79 Å². The zero-order valence-corrected chi connectivity index (χ0v) is 7.19. The number of phenols is 1. The van der Waals surface area contributed by atoms with Crippen LogP contribution in [-0.2, 0) is 0 Å². The SMILES string of the molecule is C[C@H](N)c1ccc(O)c(C(=O)O)c1. The molecule has 0 heterocycles. The molecule has 1 rings (SSSR count). The monoisotopic (exact) mass is 181 g/mol. The summed E-state index contributed by atoms with van der Waals surface area (Å²) in [5.74, 6) is -1.39. The van der Waals surface area contributed by atoms with Crippen molar-refractivity contribution in [1.82, 2.24) is 0 Å². The third-order valence-corrected chi connectivity index (χ3v) is 1.78. The third-order valence-electron chi connectivity index (χ3n) is 1.78. The van der Waals surface area contributed by atoms with Crippen LogP contribution in [0.25, 0.3) is 0 Å². The standard InChI is InChI=1S/C9H11NO3/c1-5(10)6-2-3-8(11)7(4-6)9(12)13/h2-5,11H,10H2,1H3,(H,12,13)/t5-/m0/s1. The van der Waals surface area contributed by atoms with Crippen LogP contribution in [0.3, 0.4) is 0 Å². The summed E-state index contributed by atoms with van der Waals surface area (Å²) in [4.78, 5) is 10.6. The minimum atomic E-state index is -1.15. The maximum absolute atomic E-state index is 10.6. The number of hydrogen-bond donors (Lipinski definition) is 3. The first-order chi connectivity index (χ1) is 6.02. The third kappa shape index (κ3) is 1.97. The summed E-state index contributed by atoms with van der Waals surface area (Å²) < 4.78 is 0. The van der Waals surface area contributed by atoms with E-state index in [4.69, 9.17) is 15.9 Å². The second kappa shape index (κ2) is 3.45. The molecule has 0 fully saturated rings. The second-order valence-electron chi connectivity index (χ2n) is 2.87. The number of hydrogen-bond acceptors (Lipinski definition) is 3. The lowest BCUT2D eigenvalue weighted by Gasteiger charge is -2.07. The van der Waals surface area contributed by atoms with Crippen LogP contribution in [0.1, 0.15) is 28.9 Å². The fraction of sp³-hybridized carbons (Fsp3) is 0.222. The predicted molar refractivity (Wildman–Crippen MR) is 47.7 cm³/mol. The van der Waals surface area contributed by atoms with Crippen LogP contribution in [0.5, 0.6) is 5.75 Å². The van der Waals surface area contributed by atoms with Crippen LogP contribution in [0.2, 0.25) is 0 Å². The first kappa shape index (κ1) is 9.54. The molecule has 4 nitrogen and oxygen atoms in total. The highest BCUT2D eigenvalue weighted by Gasteiger charge is 2.11. The molecule has 4 N–H and O–H groups in total. The molecule has 1 atom stereocenters. The van der Waals surface area contributed by atoms with Crippen LogP contribution in [0.4, 0.5) is 0 Å². The van der Waals surface area contributed by atoms with Crippen LogP contribution < -0.4 is 5.73 Å². The molecule has 0 aliphatic heterocycles. The van der Waals surface area contributed by atoms with E-state index in [1.807, 2.05) is 0 Å². The van der Waals surface area contributed by atoms with Gasteiger partial charge in [-0.2, -0.15) is 0 Å². The average molecular weight is 181 g/mol. The molecule has 1 aromatic rings. The van der Waals surface area contributed by atoms with Gasteiger partial charge in [-0.15, -0.1) is 0 Å². The van der Waals surface area contributed by atoms with Gasteiger partial charge in [0.25, 0.3) is 0 Å². The Morgan fingerprint density at radius 2 is 2.15 bits per heavy atom. The maximum Gasteiger partial charge on any atom is 0.339 e. The molecular weight excluding hydrogens is 170 g/mol. The van der Waals surface area contributed by atoms with Gasteiger partial charge in [-0.25, -0.2) is 4.79 Å². The highest BCUT2D eigenvalue weighted by atomic mass is 16.4. The molecule has 0 aliphatic rings. The van der Waals surface area contributed by atoms with Gasteiger partial charge >= 0.3 is 5.97 Å². The quantitative estimate of drug-likeness (QED) is 0.638. The van der Waals surface area contributed by atoms with Crippen molar-refractivity contribution in [2.45, 2.75) is 13.0 Å². The van der Waals surface area contributed by atoms with Gasteiger partial charge in [0.15, 0.2) is 0 Å². The molecule has 1 aromatic carbocycles. The summed E-state index contributed by atoms with van der Waals surface area (Å²) in [6.07, 6.45) is 0. The zero-order chi connectivity index (χ0) is 10.0. The summed E-state index contributed by atoms with van der Waals surface area (Å²) in [6.45, 7) is 1.75. The van der Waals surface area contributed by atoms with Crippen molar-refractivity contribution < 1.29 is 15.0 Å². The van der Waals surface area contributed by atoms with Crippen LogP contribution in [0.15, 0.2) is 18.2 Å². The van der Waals surface area contributed by atoms with Gasteiger partial charge in [0.05, 0.1) is 0 Å². The Labute approximate surface area is 75.6 Å². The Morgan fingerprint density at radius 1 is 1.54 bits per heavy atom. The molecule has 0 amide bonds. The van der Waals surface area contributed by atoms with Gasteiger partial charge in [0.1, 0.15) is 11.3 Å². The highest BCUT2D eigenvalue weighted by molar-refractivity contribution is 5.90. The number of rotatable bonds is 2. The van der Waals surface area contributed by atoms with Crippen molar-refractivity contribution >= 4 is 5.97 Å². The Bertz CT molecular complexity index is 334. The Balaban J connectivity index is 3.19. The fourth-order valence-electron chi connectivity index (χ4n) is 1.01. The van der Waals surface area contributed by atoms with Crippen molar-refractivity contribution in [3.63, 3.8) is 0 Å². The first-order valence-electron chi connectivity index (χ1n) is 3.84. The summed E-state index contributed by atoms with van der Waals surface area (Å²) >= 11 is 0. The molecule has 0 aromatic heterocycles. The van der Waals surface area contributed by atoms with Gasteiger partial charge in [0, 0.05) is 6.04 Å². The van der Waals surface area contributed by atoms with Gasteiger partial charge in [-0.05, 0) is 24.6 Å². The first-order valence-corrected chi connectivity index (χ1v) is 3.84. The van der Waals surface area contributed by atoms with E-state index in [0.717, 1.165) is 0 Å². The van der Waals surface area contributed by atoms with Gasteiger partial charge < -0.3 is 15.9 Å². The van der Waals surface area contributed by atoms with E-state index in [1.165, 1.54) is 12.1 Å². The molecule has 0 spiro atoms. The Morgan fingerprint density at radius 3 is 2.62 bits per heavy atom. The number of carbonyl (C=O) groups is 1. The number of benzene rings is 1. The van der Waals surface area contributed by atoms with E-state index >= 15 is 0 Å². The van der Waals surface area contributed by atoms with E-state index in [1.54, 1.807) is 13.0 Å². The topological polar surface area (TPSA) is 83.5 Å². The van der Waals surface area contributed by atoms with Crippen molar-refractivity contribution in [2.75, 3.05) is 0 Å². The minimum absolute atomic E-state index is 0.116. The number of nitrogens with two attached hydrogens (primary N) is 1. The Kier molecular flexibility index (Phi) is 2.53. The van der Waals surface area contributed by atoms with Gasteiger partial charge in [0.2, 0.25) is 0 Å². The van der Waals surface area contributed by atoms with Crippen LogP contribution in [-0.4, -0.2) is 16.2 Å². The molecule has 13 heavy (non-hydrogen) atoms. The van der Waals surface area contributed by atoms with Gasteiger partial charge in [-0.1, -0.05) is 6.07 Å². The predicted octanol–water partition coefficient (Wildman–Crippen LogP) is 1.11. The smallest absolute Gasteiger partial charge is 0.339 e. The van der Waals surface area contributed by atoms with Crippen molar-refractivity contribution in [2.24, 2.45) is 5.73 Å². The molecular formula is C9H11NO3. The van der Waals surface area contributed by atoms with Crippen molar-refractivity contribution in [3.05, 3.63) is 29.3 Å². The molecule has 0 saturated carbocycles. The van der Waals surface area contributed by atoms with E-state index < -0.39 is 5.97 Å². The molecule has 0 unspecified atom stereocenters.